The number of benzene rings is 2. The van der Waals surface area contributed by atoms with Crippen molar-refractivity contribution in [2.75, 3.05) is 20.3 Å². The van der Waals surface area contributed by atoms with Crippen molar-refractivity contribution < 1.29 is 19.0 Å². The number of hydrogen-bond donors (Lipinski definition) is 0. The summed E-state index contributed by atoms with van der Waals surface area (Å²) in [5.41, 5.74) is 2.66. The van der Waals surface area contributed by atoms with Crippen LogP contribution in [0.3, 0.4) is 0 Å². The molecule has 0 N–H and O–H groups in total. The van der Waals surface area contributed by atoms with E-state index in [1.165, 1.54) is 0 Å². The fourth-order valence-corrected chi connectivity index (χ4v) is 2.92. The molecule has 0 aliphatic rings. The van der Waals surface area contributed by atoms with Gasteiger partial charge in [0.1, 0.15) is 17.2 Å². The van der Waals surface area contributed by atoms with Crippen molar-refractivity contribution in [2.45, 2.75) is 46.5 Å². The fourth-order valence-electron chi connectivity index (χ4n) is 2.92. The van der Waals surface area contributed by atoms with Crippen molar-refractivity contribution in [3.05, 3.63) is 59.2 Å². The van der Waals surface area contributed by atoms with Crippen LogP contribution in [-0.4, -0.2) is 26.1 Å². The Labute approximate surface area is 174 Å². The Hall–Kier alpha value is -2.75. The van der Waals surface area contributed by atoms with Crippen molar-refractivity contribution >= 4 is 11.9 Å². The number of rotatable bonds is 12. The monoisotopic (exact) mass is 396 g/mol. The number of carbonyl (C=O) groups excluding carboxylic acids is 1. The topological polar surface area (TPSA) is 44.8 Å². The zero-order chi connectivity index (χ0) is 21.1. The first kappa shape index (κ1) is 22.5. The van der Waals surface area contributed by atoms with Gasteiger partial charge in [-0.25, -0.2) is 0 Å². The molecule has 0 amide bonds. The summed E-state index contributed by atoms with van der Waals surface area (Å²) in [5, 5.41) is 0. The summed E-state index contributed by atoms with van der Waals surface area (Å²) in [4.78, 5) is 12.6. The van der Waals surface area contributed by atoms with Crippen LogP contribution in [0.4, 0.5) is 0 Å². The Bertz CT molecular complexity index is 806. The first-order valence-corrected chi connectivity index (χ1v) is 10.4. The molecule has 0 heterocycles. The Balaban J connectivity index is 2.32. The van der Waals surface area contributed by atoms with Gasteiger partial charge in [0.15, 0.2) is 5.78 Å². The summed E-state index contributed by atoms with van der Waals surface area (Å²) in [7, 11) is 1.61. The molecule has 4 heteroatoms. The molecule has 2 aromatic rings. The number of carbonyl (C=O) groups is 1. The molecule has 0 aromatic heterocycles. The van der Waals surface area contributed by atoms with E-state index in [2.05, 4.69) is 26.8 Å². The lowest BCUT2D eigenvalue weighted by Gasteiger charge is -2.16. The largest absolute Gasteiger partial charge is 0.497 e. The van der Waals surface area contributed by atoms with E-state index in [1.54, 1.807) is 37.5 Å². The van der Waals surface area contributed by atoms with Crippen LogP contribution >= 0.6 is 0 Å². The smallest absolute Gasteiger partial charge is 0.185 e. The molecule has 0 saturated carbocycles. The predicted octanol–water partition coefficient (Wildman–Crippen LogP) is 6.12. The number of ether oxygens (including phenoxy) is 3. The van der Waals surface area contributed by atoms with Crippen molar-refractivity contribution in [3.8, 4) is 17.2 Å². The van der Waals surface area contributed by atoms with Gasteiger partial charge < -0.3 is 14.2 Å². The van der Waals surface area contributed by atoms with Gasteiger partial charge in [-0.2, -0.15) is 0 Å². The Morgan fingerprint density at radius 2 is 1.55 bits per heavy atom. The molecular weight excluding hydrogens is 364 g/mol. The van der Waals surface area contributed by atoms with Crippen molar-refractivity contribution in [1.82, 2.24) is 0 Å². The molecule has 156 valence electrons. The molecule has 0 fully saturated rings. The molecule has 0 unspecified atom stereocenters. The molecule has 29 heavy (non-hydrogen) atoms. The first-order chi connectivity index (χ1) is 14.1. The molecule has 0 aliphatic carbocycles. The summed E-state index contributed by atoms with van der Waals surface area (Å²) in [5.74, 6) is 2.29. The first-order valence-electron chi connectivity index (χ1n) is 10.4. The molecule has 0 aliphatic heterocycles. The van der Waals surface area contributed by atoms with Crippen LogP contribution in [0, 0.1) is 0 Å². The van der Waals surface area contributed by atoms with Crippen LogP contribution in [0.1, 0.15) is 61.5 Å². The standard InChI is InChI=1S/C25H32O4/c1-5-8-20-17-21(25(29-16-7-3)18-24(20)28-15-6-2)11-14-23(26)19-9-12-22(27-4)13-10-19/h9-14,17-18H,5-8,15-16H2,1-4H3/b14-11+. The van der Waals surface area contributed by atoms with Crippen LogP contribution in [0.5, 0.6) is 17.2 Å². The van der Waals surface area contributed by atoms with Gasteiger partial charge in [-0.1, -0.05) is 27.2 Å². The maximum atomic E-state index is 12.6. The normalized spacial score (nSPS) is 10.9. The van der Waals surface area contributed by atoms with Gasteiger partial charge in [-0.05, 0) is 67.3 Å². The summed E-state index contributed by atoms with van der Waals surface area (Å²) < 4.78 is 17.0. The van der Waals surface area contributed by atoms with Gasteiger partial charge in [-0.3, -0.25) is 4.79 Å². The molecule has 0 saturated heterocycles. The van der Waals surface area contributed by atoms with E-state index in [4.69, 9.17) is 14.2 Å². The zero-order valence-corrected chi connectivity index (χ0v) is 18.0. The van der Waals surface area contributed by atoms with E-state index in [1.807, 2.05) is 12.1 Å². The molecule has 0 spiro atoms. The third-order valence-electron chi connectivity index (χ3n) is 4.42. The second-order valence-corrected chi connectivity index (χ2v) is 6.87. The highest BCUT2D eigenvalue weighted by Gasteiger charge is 2.11. The third-order valence-corrected chi connectivity index (χ3v) is 4.42. The number of ketones is 1. The van der Waals surface area contributed by atoms with Crippen LogP contribution in [0.15, 0.2) is 42.5 Å². The van der Waals surface area contributed by atoms with E-state index in [0.29, 0.717) is 18.8 Å². The van der Waals surface area contributed by atoms with Crippen molar-refractivity contribution in [2.24, 2.45) is 0 Å². The molecule has 0 atom stereocenters. The minimum absolute atomic E-state index is 0.0579. The van der Waals surface area contributed by atoms with E-state index >= 15 is 0 Å². The Morgan fingerprint density at radius 3 is 2.14 bits per heavy atom. The molecule has 4 nitrogen and oxygen atoms in total. The summed E-state index contributed by atoms with van der Waals surface area (Å²) in [6, 6.07) is 11.2. The number of methoxy groups -OCH3 is 1. The van der Waals surface area contributed by atoms with E-state index in [0.717, 1.165) is 54.1 Å². The highest BCUT2D eigenvalue weighted by Crippen LogP contribution is 2.32. The lowest BCUT2D eigenvalue weighted by molar-refractivity contribution is 0.104. The van der Waals surface area contributed by atoms with Gasteiger partial charge >= 0.3 is 0 Å². The molecule has 0 radical (unpaired) electrons. The lowest BCUT2D eigenvalue weighted by Crippen LogP contribution is -2.03. The SMILES string of the molecule is CCCOc1cc(OCCC)c(CCC)cc1/C=C/C(=O)c1ccc(OC)cc1. The highest BCUT2D eigenvalue weighted by molar-refractivity contribution is 6.07. The Morgan fingerprint density at radius 1 is 0.897 bits per heavy atom. The van der Waals surface area contributed by atoms with Crippen LogP contribution in [-0.2, 0) is 6.42 Å². The van der Waals surface area contributed by atoms with E-state index in [9.17, 15) is 4.79 Å². The van der Waals surface area contributed by atoms with E-state index < -0.39 is 0 Å². The van der Waals surface area contributed by atoms with Crippen LogP contribution < -0.4 is 14.2 Å². The molecule has 2 rings (SSSR count). The molecular formula is C25H32O4. The predicted molar refractivity (Wildman–Crippen MR) is 118 cm³/mol. The van der Waals surface area contributed by atoms with Crippen molar-refractivity contribution in [1.29, 1.82) is 0 Å². The maximum Gasteiger partial charge on any atom is 0.185 e. The summed E-state index contributed by atoms with van der Waals surface area (Å²) in [6.07, 6.45) is 7.23. The van der Waals surface area contributed by atoms with Gasteiger partial charge in [0.25, 0.3) is 0 Å². The minimum atomic E-state index is -0.0579. The number of aryl methyl sites for hydroxylation is 1. The minimum Gasteiger partial charge on any atom is -0.497 e. The van der Waals surface area contributed by atoms with Gasteiger partial charge in [0, 0.05) is 17.2 Å². The van der Waals surface area contributed by atoms with Crippen molar-refractivity contribution in [3.63, 3.8) is 0 Å². The molecule has 0 bridgehead atoms. The van der Waals surface area contributed by atoms with Crippen LogP contribution in [0.25, 0.3) is 6.08 Å². The fraction of sp³-hybridized carbons (Fsp3) is 0.400. The number of hydrogen-bond acceptors (Lipinski definition) is 4. The summed E-state index contributed by atoms with van der Waals surface area (Å²) in [6.45, 7) is 7.61. The van der Waals surface area contributed by atoms with Gasteiger partial charge in [0.05, 0.1) is 20.3 Å². The average Bonchev–Trinajstić information content (AvgIpc) is 2.75. The van der Waals surface area contributed by atoms with Gasteiger partial charge in [-0.15, -0.1) is 0 Å². The van der Waals surface area contributed by atoms with Gasteiger partial charge in [0.2, 0.25) is 0 Å². The zero-order valence-electron chi connectivity index (χ0n) is 18.0. The Kier molecular flexibility index (Phi) is 9.29. The molecule has 2 aromatic carbocycles. The third kappa shape index (κ3) is 6.67. The average molecular weight is 397 g/mol. The van der Waals surface area contributed by atoms with E-state index in [-0.39, 0.29) is 5.78 Å². The maximum absolute atomic E-state index is 12.6. The lowest BCUT2D eigenvalue weighted by atomic mass is 10.0. The summed E-state index contributed by atoms with van der Waals surface area (Å²) >= 11 is 0. The van der Waals surface area contributed by atoms with Crippen LogP contribution in [0.2, 0.25) is 0 Å². The second-order valence-electron chi connectivity index (χ2n) is 6.87. The quantitative estimate of drug-likeness (QED) is 0.320. The second kappa shape index (κ2) is 11.9. The highest BCUT2D eigenvalue weighted by atomic mass is 16.5. The number of allylic oxidation sites excluding steroid dienone is 1.